The van der Waals surface area contributed by atoms with Crippen molar-refractivity contribution in [1.29, 1.82) is 0 Å². The number of carbonyl (C=O) groups excluding carboxylic acids is 1. The van der Waals surface area contributed by atoms with Crippen LogP contribution >= 0.6 is 0 Å². The Hall–Kier alpha value is -0.853. The van der Waals surface area contributed by atoms with Crippen molar-refractivity contribution in [3.05, 3.63) is 12.2 Å². The second kappa shape index (κ2) is 6.95. The molecule has 1 N–H and O–H groups in total. The predicted octanol–water partition coefficient (Wildman–Crippen LogP) is 3.54. The summed E-state index contributed by atoms with van der Waals surface area (Å²) < 4.78 is 11.8. The number of β-amino-alcohol motifs (C(OH)–C–C–N with tert-alkyl or cyclic N) is 1. The molecule has 6 heteroatoms. The van der Waals surface area contributed by atoms with Crippen LogP contribution in [0.1, 0.15) is 41.5 Å². The van der Waals surface area contributed by atoms with Gasteiger partial charge >= 0.3 is 6.09 Å². The molecule has 0 radical (unpaired) electrons. The molecule has 1 aliphatic rings. The van der Waals surface area contributed by atoms with E-state index in [9.17, 15) is 9.90 Å². The average Bonchev–Trinajstić information content (AvgIpc) is 2.47. The molecule has 0 aromatic carbocycles. The third-order valence-electron chi connectivity index (χ3n) is 4.26. The summed E-state index contributed by atoms with van der Waals surface area (Å²) in [6, 6.07) is 0. The van der Waals surface area contributed by atoms with E-state index < -0.39 is 26.1 Å². The molecule has 0 aromatic rings. The van der Waals surface area contributed by atoms with Crippen LogP contribution < -0.4 is 0 Å². The van der Waals surface area contributed by atoms with Gasteiger partial charge in [0.2, 0.25) is 0 Å². The summed E-state index contributed by atoms with van der Waals surface area (Å²) in [7, 11) is -1.96. The molecule has 2 atom stereocenters. The fourth-order valence-electron chi connectivity index (χ4n) is 2.00. The number of hydrogen-bond acceptors (Lipinski definition) is 4. The molecule has 1 amide bonds. The molecule has 1 heterocycles. The second-order valence-corrected chi connectivity index (χ2v) is 13.5. The first-order chi connectivity index (χ1) is 10.2. The van der Waals surface area contributed by atoms with Gasteiger partial charge in [0.25, 0.3) is 0 Å². The predicted molar refractivity (Wildman–Crippen MR) is 95.0 cm³/mol. The van der Waals surface area contributed by atoms with E-state index in [2.05, 4.69) is 33.9 Å². The molecule has 0 saturated carbocycles. The lowest BCUT2D eigenvalue weighted by atomic mass is 10.2. The molecule has 0 unspecified atom stereocenters. The van der Waals surface area contributed by atoms with Crippen LogP contribution in [0.4, 0.5) is 4.79 Å². The number of nitrogens with zero attached hydrogens (tertiary/aromatic N) is 1. The van der Waals surface area contributed by atoms with E-state index in [1.54, 1.807) is 6.08 Å². The Labute approximate surface area is 141 Å². The zero-order chi connectivity index (χ0) is 18.1. The number of amides is 1. The number of rotatable bonds is 2. The van der Waals surface area contributed by atoms with Gasteiger partial charge in [-0.25, -0.2) is 4.79 Å². The minimum atomic E-state index is -1.96. The average molecular weight is 344 g/mol. The summed E-state index contributed by atoms with van der Waals surface area (Å²) in [6.07, 6.45) is 2.25. The van der Waals surface area contributed by atoms with Crippen LogP contribution in [0.2, 0.25) is 18.1 Å². The summed E-state index contributed by atoms with van der Waals surface area (Å²) in [5.74, 6) is 0. The number of hydrogen-bond donors (Lipinski definition) is 1. The van der Waals surface area contributed by atoms with E-state index in [-0.39, 0.29) is 17.7 Å². The van der Waals surface area contributed by atoms with Crippen LogP contribution in [0.3, 0.4) is 0 Å². The quantitative estimate of drug-likeness (QED) is 0.615. The third-order valence-corrected chi connectivity index (χ3v) is 8.76. The molecule has 0 fully saturated rings. The highest BCUT2D eigenvalue weighted by molar-refractivity contribution is 6.74. The van der Waals surface area contributed by atoms with Crippen molar-refractivity contribution in [1.82, 2.24) is 4.90 Å². The third kappa shape index (κ3) is 6.28. The maximum Gasteiger partial charge on any atom is 0.410 e. The van der Waals surface area contributed by atoms with Gasteiger partial charge in [-0.2, -0.15) is 0 Å². The van der Waals surface area contributed by atoms with Crippen molar-refractivity contribution in [2.45, 2.75) is 77.5 Å². The van der Waals surface area contributed by atoms with Gasteiger partial charge < -0.3 is 19.2 Å². The summed E-state index contributed by atoms with van der Waals surface area (Å²) >= 11 is 0. The van der Waals surface area contributed by atoms with Crippen LogP contribution in [0, 0.1) is 0 Å². The van der Waals surface area contributed by atoms with Crippen molar-refractivity contribution in [3.63, 3.8) is 0 Å². The van der Waals surface area contributed by atoms with Crippen LogP contribution in [0.15, 0.2) is 12.2 Å². The summed E-state index contributed by atoms with van der Waals surface area (Å²) in [4.78, 5) is 13.9. The van der Waals surface area contributed by atoms with Crippen molar-refractivity contribution in [2.24, 2.45) is 0 Å². The first kappa shape index (κ1) is 20.2. The van der Waals surface area contributed by atoms with Gasteiger partial charge in [0.1, 0.15) is 5.60 Å². The van der Waals surface area contributed by atoms with Gasteiger partial charge in [0.05, 0.1) is 25.3 Å². The fraction of sp³-hybridized carbons (Fsp3) is 0.824. The molecule has 0 bridgehead atoms. The molecule has 1 aliphatic heterocycles. The van der Waals surface area contributed by atoms with Gasteiger partial charge in [-0.05, 0) is 38.9 Å². The molecule has 134 valence electrons. The van der Waals surface area contributed by atoms with Gasteiger partial charge in [0.15, 0.2) is 8.32 Å². The topological polar surface area (TPSA) is 59.0 Å². The fourth-order valence-corrected chi connectivity index (χ4v) is 3.26. The lowest BCUT2D eigenvalue weighted by Crippen LogP contribution is -2.48. The Bertz CT molecular complexity index is 448. The van der Waals surface area contributed by atoms with E-state index in [0.29, 0.717) is 6.54 Å². The second-order valence-electron chi connectivity index (χ2n) is 8.75. The highest BCUT2D eigenvalue weighted by atomic mass is 28.4. The number of carbonyl (C=O) groups is 1. The first-order valence-electron chi connectivity index (χ1n) is 8.23. The Kier molecular flexibility index (Phi) is 6.10. The highest BCUT2D eigenvalue weighted by Gasteiger charge is 2.40. The zero-order valence-electron chi connectivity index (χ0n) is 15.8. The molecule has 0 aliphatic carbocycles. The van der Waals surface area contributed by atoms with Crippen molar-refractivity contribution in [2.75, 3.05) is 13.1 Å². The van der Waals surface area contributed by atoms with E-state index >= 15 is 0 Å². The molecular formula is C17H33NO4Si. The Morgan fingerprint density at radius 2 is 1.70 bits per heavy atom. The minimum Gasteiger partial charge on any atom is -0.444 e. The SMILES string of the molecule is CC(C)(C)OC(=O)N1C[C@H](O)C=C[C@H](O[Si](C)(C)C(C)(C)C)C1. The molecule has 5 nitrogen and oxygen atoms in total. The largest absolute Gasteiger partial charge is 0.444 e. The maximum atomic E-state index is 12.3. The standard InChI is InChI=1S/C17H33NO4Si/c1-16(2,3)21-15(20)18-11-13(19)9-10-14(12-18)22-23(7,8)17(4,5)6/h9-10,13-14,19H,11-12H2,1-8H3/t13-,14+/m1/s1. The molecule has 0 spiro atoms. The lowest BCUT2D eigenvalue weighted by Gasteiger charge is -2.39. The monoisotopic (exact) mass is 343 g/mol. The van der Waals surface area contributed by atoms with Crippen LogP contribution in [0.5, 0.6) is 0 Å². The van der Waals surface area contributed by atoms with Gasteiger partial charge in [-0.3, -0.25) is 0 Å². The molecule has 0 aromatic heterocycles. The summed E-state index contributed by atoms with van der Waals surface area (Å²) in [5, 5.41) is 10.1. The minimum absolute atomic E-state index is 0.0858. The van der Waals surface area contributed by atoms with E-state index in [0.717, 1.165) is 0 Å². The smallest absolute Gasteiger partial charge is 0.410 e. The number of ether oxygens (including phenoxy) is 1. The van der Waals surface area contributed by atoms with Crippen LogP contribution in [0.25, 0.3) is 0 Å². The summed E-state index contributed by atoms with van der Waals surface area (Å²) in [5.41, 5.74) is -0.558. The van der Waals surface area contributed by atoms with Crippen molar-refractivity contribution >= 4 is 14.4 Å². The Balaban J connectivity index is 2.86. The van der Waals surface area contributed by atoms with Crippen molar-refractivity contribution in [3.8, 4) is 0 Å². The number of aliphatic hydroxyl groups is 1. The lowest BCUT2D eigenvalue weighted by molar-refractivity contribution is 0.0134. The Morgan fingerprint density at radius 3 is 2.17 bits per heavy atom. The summed E-state index contributed by atoms with van der Waals surface area (Å²) in [6.45, 7) is 17.0. The highest BCUT2D eigenvalue weighted by Crippen LogP contribution is 2.37. The first-order valence-corrected chi connectivity index (χ1v) is 11.1. The molecule has 23 heavy (non-hydrogen) atoms. The zero-order valence-corrected chi connectivity index (χ0v) is 16.8. The van der Waals surface area contributed by atoms with Crippen LogP contribution in [-0.2, 0) is 9.16 Å². The normalized spacial score (nSPS) is 23.6. The van der Waals surface area contributed by atoms with Gasteiger partial charge in [0, 0.05) is 0 Å². The van der Waals surface area contributed by atoms with E-state index in [1.807, 2.05) is 26.8 Å². The van der Waals surface area contributed by atoms with Crippen LogP contribution in [-0.4, -0.2) is 55.3 Å². The van der Waals surface area contributed by atoms with E-state index in [4.69, 9.17) is 9.16 Å². The molecule has 0 saturated heterocycles. The van der Waals surface area contributed by atoms with Crippen molar-refractivity contribution < 1.29 is 19.1 Å². The Morgan fingerprint density at radius 1 is 1.13 bits per heavy atom. The van der Waals surface area contributed by atoms with E-state index in [1.165, 1.54) is 4.90 Å². The number of aliphatic hydroxyl groups excluding tert-OH is 1. The molecular weight excluding hydrogens is 310 g/mol. The van der Waals surface area contributed by atoms with Gasteiger partial charge in [-0.15, -0.1) is 0 Å². The van der Waals surface area contributed by atoms with Gasteiger partial charge in [-0.1, -0.05) is 32.9 Å². The maximum absolute atomic E-state index is 12.3. The molecule has 1 rings (SSSR count).